The molecule has 0 saturated carbocycles. The normalized spacial score (nSPS) is 12.1. The van der Waals surface area contributed by atoms with Crippen molar-refractivity contribution >= 4 is 40.1 Å². The van der Waals surface area contributed by atoms with Crippen molar-refractivity contribution < 1.29 is 18.8 Å². The summed E-state index contributed by atoms with van der Waals surface area (Å²) in [6.45, 7) is 5.51. The van der Waals surface area contributed by atoms with Gasteiger partial charge < -0.3 is 24.7 Å². The predicted octanol–water partition coefficient (Wildman–Crippen LogP) is 3.83. The Bertz CT molecular complexity index is 1390. The van der Waals surface area contributed by atoms with E-state index in [2.05, 4.69) is 15.8 Å². The molecule has 3 aromatic heterocycles. The van der Waals surface area contributed by atoms with Gasteiger partial charge in [-0.1, -0.05) is 12.1 Å². The molecule has 4 aromatic rings. The lowest BCUT2D eigenvalue weighted by Gasteiger charge is -2.20. The first kappa shape index (κ1) is 22.3. The largest absolute Gasteiger partial charge is 0.504 e. The highest BCUT2D eigenvalue weighted by molar-refractivity contribution is 7.13. The van der Waals surface area contributed by atoms with Gasteiger partial charge in [-0.15, -0.1) is 11.3 Å². The summed E-state index contributed by atoms with van der Waals surface area (Å²) in [6, 6.07) is 3.14. The first-order chi connectivity index (χ1) is 15.7. The minimum absolute atomic E-state index is 0.0225. The maximum Gasteiger partial charge on any atom is 0.273 e. The number of rotatable bonds is 8. The van der Waals surface area contributed by atoms with E-state index in [1.807, 2.05) is 19.9 Å². The fourth-order valence-electron chi connectivity index (χ4n) is 3.33. The first-order valence-electron chi connectivity index (χ1n) is 10.1. The summed E-state index contributed by atoms with van der Waals surface area (Å²) in [5, 5.41) is 21.8. The second kappa shape index (κ2) is 8.58. The van der Waals surface area contributed by atoms with Crippen molar-refractivity contribution in [2.75, 3.05) is 22.6 Å². The minimum atomic E-state index is -0.711. The number of nitrogens with one attached hydrogen (secondary N) is 2. The Morgan fingerprint density at radius 1 is 1.24 bits per heavy atom. The van der Waals surface area contributed by atoms with Crippen molar-refractivity contribution in [2.24, 2.45) is 0 Å². The standard InChI is InChI=1S/C22H22N4O6S/c1-5-12(14-6-10(2)8-31-14)23-16-17(20(29)19(16)28)24-13-9-33-21(18(13)27)22(30)26(4)15-7-11(3)32-25-15/h6-9,12,23-24,27H,5H2,1-4H3/t12-/m1/s1. The van der Waals surface area contributed by atoms with Crippen LogP contribution in [0, 0.1) is 13.8 Å². The minimum Gasteiger partial charge on any atom is -0.504 e. The van der Waals surface area contributed by atoms with E-state index in [0.717, 1.165) is 16.9 Å². The van der Waals surface area contributed by atoms with E-state index in [4.69, 9.17) is 8.94 Å². The molecular weight excluding hydrogens is 448 g/mol. The summed E-state index contributed by atoms with van der Waals surface area (Å²) in [4.78, 5) is 38.5. The van der Waals surface area contributed by atoms with Gasteiger partial charge in [-0.25, -0.2) is 0 Å². The zero-order valence-corrected chi connectivity index (χ0v) is 19.2. The molecule has 0 unspecified atom stereocenters. The van der Waals surface area contributed by atoms with Gasteiger partial charge in [0.15, 0.2) is 11.6 Å². The van der Waals surface area contributed by atoms with Crippen LogP contribution in [-0.4, -0.2) is 23.2 Å². The number of aryl methyl sites for hydroxylation is 2. The van der Waals surface area contributed by atoms with Gasteiger partial charge in [0.1, 0.15) is 27.8 Å². The highest BCUT2D eigenvalue weighted by Crippen LogP contribution is 2.38. The van der Waals surface area contributed by atoms with Crippen LogP contribution >= 0.6 is 11.3 Å². The van der Waals surface area contributed by atoms with Crippen molar-refractivity contribution in [1.82, 2.24) is 5.16 Å². The quantitative estimate of drug-likeness (QED) is 0.328. The molecule has 0 radical (unpaired) electrons. The van der Waals surface area contributed by atoms with E-state index in [-0.39, 0.29) is 33.7 Å². The molecule has 0 bridgehead atoms. The lowest BCUT2D eigenvalue weighted by atomic mass is 10.1. The molecule has 4 rings (SSSR count). The number of carbonyl (C=O) groups excluding carboxylic acids is 1. The number of hydrogen-bond donors (Lipinski definition) is 3. The summed E-state index contributed by atoms with van der Waals surface area (Å²) in [5.41, 5.74) is -0.156. The zero-order valence-electron chi connectivity index (χ0n) is 18.4. The lowest BCUT2D eigenvalue weighted by Crippen LogP contribution is -2.37. The third kappa shape index (κ3) is 4.02. The van der Waals surface area contributed by atoms with Crippen LogP contribution in [0.15, 0.2) is 42.3 Å². The molecule has 172 valence electrons. The molecule has 0 spiro atoms. The first-order valence-corrected chi connectivity index (χ1v) is 11.0. The van der Waals surface area contributed by atoms with Crippen molar-refractivity contribution in [1.29, 1.82) is 0 Å². The Kier molecular flexibility index (Phi) is 5.81. The van der Waals surface area contributed by atoms with Gasteiger partial charge in [-0.2, -0.15) is 0 Å². The molecular formula is C22H22N4O6S. The topological polar surface area (TPSA) is 138 Å². The zero-order chi connectivity index (χ0) is 23.9. The summed E-state index contributed by atoms with van der Waals surface area (Å²) < 4.78 is 10.5. The molecule has 0 aliphatic carbocycles. The highest BCUT2D eigenvalue weighted by atomic mass is 32.1. The van der Waals surface area contributed by atoms with Crippen LogP contribution in [0.4, 0.5) is 22.9 Å². The van der Waals surface area contributed by atoms with Crippen LogP contribution < -0.4 is 26.4 Å². The fraction of sp³-hybridized carbons (Fsp3) is 0.273. The Labute approximate surface area is 192 Å². The fourth-order valence-corrected chi connectivity index (χ4v) is 4.19. The van der Waals surface area contributed by atoms with Crippen LogP contribution in [0.2, 0.25) is 0 Å². The monoisotopic (exact) mass is 470 g/mol. The van der Waals surface area contributed by atoms with Crippen LogP contribution in [0.25, 0.3) is 0 Å². The average molecular weight is 471 g/mol. The van der Waals surface area contributed by atoms with Gasteiger partial charge in [-0.05, 0) is 31.9 Å². The number of hydrogen-bond acceptors (Lipinski definition) is 10. The number of amides is 1. The van der Waals surface area contributed by atoms with Gasteiger partial charge in [-0.3, -0.25) is 19.3 Å². The molecule has 11 heteroatoms. The molecule has 0 saturated heterocycles. The van der Waals surface area contributed by atoms with E-state index in [1.165, 1.54) is 17.3 Å². The summed E-state index contributed by atoms with van der Waals surface area (Å²) in [6.07, 6.45) is 2.22. The van der Waals surface area contributed by atoms with E-state index in [1.54, 1.807) is 19.3 Å². The third-order valence-electron chi connectivity index (χ3n) is 5.21. The molecule has 3 N–H and O–H groups in total. The second-order valence-corrected chi connectivity index (χ2v) is 8.53. The summed E-state index contributed by atoms with van der Waals surface area (Å²) >= 11 is 0.996. The molecule has 0 fully saturated rings. The molecule has 1 atom stereocenters. The van der Waals surface area contributed by atoms with Crippen LogP contribution in [-0.2, 0) is 0 Å². The van der Waals surface area contributed by atoms with Crippen molar-refractivity contribution in [3.05, 3.63) is 66.2 Å². The second-order valence-electron chi connectivity index (χ2n) is 7.65. The third-order valence-corrected chi connectivity index (χ3v) is 6.17. The number of aromatic nitrogens is 1. The summed E-state index contributed by atoms with van der Waals surface area (Å²) in [7, 11) is 1.51. The highest BCUT2D eigenvalue weighted by Gasteiger charge is 2.28. The molecule has 10 nitrogen and oxygen atoms in total. The van der Waals surface area contributed by atoms with Crippen molar-refractivity contribution in [2.45, 2.75) is 33.2 Å². The molecule has 1 aromatic carbocycles. The Hall–Kier alpha value is -3.86. The SMILES string of the molecule is CC[C@@H](Nc1c(Nc2csc(C(=O)N(C)c3cc(C)on3)c2O)c(=O)c1=O)c1cc(C)co1. The van der Waals surface area contributed by atoms with E-state index >= 15 is 0 Å². The van der Waals surface area contributed by atoms with Gasteiger partial charge in [0.25, 0.3) is 16.8 Å². The van der Waals surface area contributed by atoms with Gasteiger partial charge >= 0.3 is 0 Å². The molecule has 3 heterocycles. The Balaban J connectivity index is 1.55. The number of carbonyl (C=O) groups is 1. The summed E-state index contributed by atoms with van der Waals surface area (Å²) in [5.74, 6) is 0.655. The smallest absolute Gasteiger partial charge is 0.273 e. The van der Waals surface area contributed by atoms with Gasteiger partial charge in [0.2, 0.25) is 0 Å². The Morgan fingerprint density at radius 2 is 1.97 bits per heavy atom. The number of thiophene rings is 1. The van der Waals surface area contributed by atoms with Gasteiger partial charge in [0, 0.05) is 18.5 Å². The molecule has 1 amide bonds. The van der Waals surface area contributed by atoms with Crippen molar-refractivity contribution in [3.63, 3.8) is 0 Å². The van der Waals surface area contributed by atoms with E-state index in [9.17, 15) is 19.5 Å². The predicted molar refractivity (Wildman–Crippen MR) is 125 cm³/mol. The van der Waals surface area contributed by atoms with Crippen molar-refractivity contribution in [3.8, 4) is 5.75 Å². The number of anilines is 4. The van der Waals surface area contributed by atoms with E-state index < -0.39 is 16.8 Å². The molecule has 33 heavy (non-hydrogen) atoms. The maximum absolute atomic E-state index is 12.8. The Morgan fingerprint density at radius 3 is 2.58 bits per heavy atom. The maximum atomic E-state index is 12.8. The number of aromatic hydroxyl groups is 1. The van der Waals surface area contributed by atoms with Crippen LogP contribution in [0.1, 0.15) is 46.1 Å². The molecule has 0 aliphatic heterocycles. The molecule has 0 aliphatic rings. The number of furan rings is 1. The lowest BCUT2D eigenvalue weighted by molar-refractivity contribution is 0.0993. The van der Waals surface area contributed by atoms with Gasteiger partial charge in [0.05, 0.1) is 18.0 Å². The van der Waals surface area contributed by atoms with Crippen LogP contribution in [0.5, 0.6) is 5.75 Å². The average Bonchev–Trinajstić information content (AvgIpc) is 3.52. The van der Waals surface area contributed by atoms with Crippen LogP contribution in [0.3, 0.4) is 0 Å². The number of nitrogens with zero attached hydrogens (tertiary/aromatic N) is 2. The van der Waals surface area contributed by atoms with E-state index in [0.29, 0.717) is 23.8 Å².